The van der Waals surface area contributed by atoms with Gasteiger partial charge in [0.25, 0.3) is 5.56 Å². The molecule has 0 unspecified atom stereocenters. The number of nitrogens with one attached hydrogen (secondary N) is 1. The minimum absolute atomic E-state index is 0.0176. The lowest BCUT2D eigenvalue weighted by Gasteiger charge is -2.20. The van der Waals surface area contributed by atoms with Crippen LogP contribution in [0.25, 0.3) is 11.0 Å². The molecule has 11 nitrogen and oxygen atoms in total. The summed E-state index contributed by atoms with van der Waals surface area (Å²) in [5, 5.41) is 2.59. The zero-order chi connectivity index (χ0) is 33.6. The number of fused-ring (bicyclic) bond motifs is 1. The molecule has 0 saturated heterocycles. The maximum absolute atomic E-state index is 15.1. The SMILES string of the molecule is CN(C)C(=O)/C=C/CCCC(=O)Nc1cccn(Cc2nc3c(Oc4ccccc4)c(F)c(F)cc3n2C(=O)OC(C)(C)C)c1=O. The van der Waals surface area contributed by atoms with Crippen molar-refractivity contribution in [2.75, 3.05) is 19.4 Å². The zero-order valence-corrected chi connectivity index (χ0v) is 26.2. The summed E-state index contributed by atoms with van der Waals surface area (Å²) in [4.78, 5) is 56.8. The number of benzene rings is 2. The number of likely N-dealkylation sites (N-methyl/N-ethyl adjacent to an activating group) is 1. The average Bonchev–Trinajstić information content (AvgIpc) is 3.34. The Labute approximate surface area is 264 Å². The van der Waals surface area contributed by atoms with Gasteiger partial charge in [-0.05, 0) is 64.0 Å². The molecule has 2 amide bonds. The van der Waals surface area contributed by atoms with Gasteiger partial charge in [0.15, 0.2) is 11.6 Å². The second kappa shape index (κ2) is 14.2. The maximum Gasteiger partial charge on any atom is 0.420 e. The number of carbonyl (C=O) groups is 3. The molecule has 2 aromatic carbocycles. The predicted octanol–water partition coefficient (Wildman–Crippen LogP) is 5.85. The number of pyridine rings is 1. The van der Waals surface area contributed by atoms with Gasteiger partial charge < -0.3 is 24.3 Å². The molecule has 0 aliphatic rings. The summed E-state index contributed by atoms with van der Waals surface area (Å²) in [6, 6.07) is 11.9. The molecule has 46 heavy (non-hydrogen) atoms. The number of halogens is 2. The van der Waals surface area contributed by atoms with Crippen LogP contribution >= 0.6 is 0 Å². The first kappa shape index (κ1) is 33.6. The molecule has 4 rings (SSSR count). The van der Waals surface area contributed by atoms with Crippen molar-refractivity contribution in [3.8, 4) is 11.5 Å². The molecule has 0 spiro atoms. The van der Waals surface area contributed by atoms with E-state index >= 15 is 4.39 Å². The van der Waals surface area contributed by atoms with Gasteiger partial charge in [0.1, 0.15) is 28.4 Å². The monoisotopic (exact) mass is 635 g/mol. The van der Waals surface area contributed by atoms with Gasteiger partial charge in [0, 0.05) is 32.8 Å². The van der Waals surface area contributed by atoms with Crippen LogP contribution in [0.1, 0.15) is 45.9 Å². The van der Waals surface area contributed by atoms with Crippen LogP contribution in [0.2, 0.25) is 0 Å². The summed E-state index contributed by atoms with van der Waals surface area (Å²) >= 11 is 0. The number of unbranched alkanes of at least 4 members (excludes halogenated alkanes) is 1. The molecule has 0 saturated carbocycles. The van der Waals surface area contributed by atoms with Gasteiger partial charge in [-0.1, -0.05) is 24.3 Å². The normalized spacial score (nSPS) is 11.5. The topological polar surface area (TPSA) is 125 Å². The van der Waals surface area contributed by atoms with Crippen LogP contribution in [0, 0.1) is 11.6 Å². The standard InChI is InChI=1S/C33H35F2N5O6/c1-33(2,3)46-32(44)40-24-19-22(34)28(35)30(45-21-13-8-6-9-14-21)29(24)37-25(40)20-39-18-12-15-23(31(39)43)36-26(41)16-10-7-11-17-27(42)38(4)5/h6,8-9,11-15,17-19H,7,10,16,20H2,1-5H3,(H,36,41)/b17-11+. The van der Waals surface area contributed by atoms with Gasteiger partial charge in [-0.25, -0.2) is 18.7 Å². The van der Waals surface area contributed by atoms with Crippen molar-refractivity contribution in [2.45, 2.75) is 52.2 Å². The molecule has 0 aliphatic carbocycles. The van der Waals surface area contributed by atoms with E-state index in [0.29, 0.717) is 12.8 Å². The Morgan fingerprint density at radius 2 is 1.78 bits per heavy atom. The predicted molar refractivity (Wildman–Crippen MR) is 168 cm³/mol. The third-order valence-electron chi connectivity index (χ3n) is 6.49. The Kier molecular flexibility index (Phi) is 10.3. The lowest BCUT2D eigenvalue weighted by molar-refractivity contribution is -0.123. The highest BCUT2D eigenvalue weighted by atomic mass is 19.2. The van der Waals surface area contributed by atoms with E-state index in [2.05, 4.69) is 10.3 Å². The smallest absolute Gasteiger partial charge is 0.420 e. The van der Waals surface area contributed by atoms with Gasteiger partial charge in [0.2, 0.25) is 17.6 Å². The number of hydrogen-bond acceptors (Lipinski definition) is 7. The number of allylic oxidation sites excluding steroid dienone is 1. The number of ether oxygens (including phenoxy) is 2. The molecule has 242 valence electrons. The van der Waals surface area contributed by atoms with E-state index in [0.717, 1.165) is 10.6 Å². The highest BCUT2D eigenvalue weighted by molar-refractivity contribution is 5.92. The fourth-order valence-electron chi connectivity index (χ4n) is 4.33. The number of rotatable bonds is 10. The number of imidazole rings is 1. The van der Waals surface area contributed by atoms with Crippen molar-refractivity contribution in [2.24, 2.45) is 0 Å². The minimum atomic E-state index is -1.31. The van der Waals surface area contributed by atoms with Crippen LogP contribution in [0.5, 0.6) is 11.5 Å². The van der Waals surface area contributed by atoms with Crippen LogP contribution in [0.15, 0.2) is 71.7 Å². The fraction of sp³-hybridized carbons (Fsp3) is 0.303. The van der Waals surface area contributed by atoms with E-state index in [1.807, 2.05) is 0 Å². The second-order valence-corrected chi connectivity index (χ2v) is 11.6. The highest BCUT2D eigenvalue weighted by Crippen LogP contribution is 2.35. The summed E-state index contributed by atoms with van der Waals surface area (Å²) in [6.45, 7) is 4.60. The summed E-state index contributed by atoms with van der Waals surface area (Å²) in [6.07, 6.45) is 4.64. The molecular formula is C33H35F2N5O6. The van der Waals surface area contributed by atoms with Crippen molar-refractivity contribution in [1.29, 1.82) is 0 Å². The average molecular weight is 636 g/mol. The van der Waals surface area contributed by atoms with E-state index in [4.69, 9.17) is 9.47 Å². The molecule has 0 atom stereocenters. The second-order valence-electron chi connectivity index (χ2n) is 11.6. The van der Waals surface area contributed by atoms with E-state index in [1.165, 1.54) is 33.9 Å². The molecule has 2 heterocycles. The number of aromatic nitrogens is 3. The van der Waals surface area contributed by atoms with Crippen molar-refractivity contribution < 1.29 is 32.6 Å². The number of para-hydroxylation sites is 1. The number of anilines is 1. The van der Waals surface area contributed by atoms with E-state index in [-0.39, 0.29) is 47.2 Å². The third-order valence-corrected chi connectivity index (χ3v) is 6.49. The molecule has 0 bridgehead atoms. The lowest BCUT2D eigenvalue weighted by Crippen LogP contribution is -2.30. The molecule has 4 aromatic rings. The fourth-order valence-corrected chi connectivity index (χ4v) is 4.33. The Morgan fingerprint density at radius 1 is 1.07 bits per heavy atom. The van der Waals surface area contributed by atoms with E-state index in [9.17, 15) is 23.6 Å². The van der Waals surface area contributed by atoms with E-state index < -0.39 is 40.5 Å². The minimum Gasteiger partial charge on any atom is -0.452 e. The summed E-state index contributed by atoms with van der Waals surface area (Å²) in [5.41, 5.74) is -1.87. The van der Waals surface area contributed by atoms with Crippen LogP contribution in [-0.2, 0) is 20.9 Å². The number of carbonyl (C=O) groups excluding carboxylic acids is 3. The Hall–Kier alpha value is -5.33. The quantitative estimate of drug-likeness (QED) is 0.171. The highest BCUT2D eigenvalue weighted by Gasteiger charge is 2.28. The molecule has 13 heteroatoms. The number of hydrogen-bond donors (Lipinski definition) is 1. The molecular weight excluding hydrogens is 600 g/mol. The number of nitrogens with zero attached hydrogens (tertiary/aromatic N) is 4. The first-order chi connectivity index (χ1) is 21.7. The van der Waals surface area contributed by atoms with Crippen molar-refractivity contribution in [3.05, 3.63) is 94.7 Å². The molecule has 1 N–H and O–H groups in total. The van der Waals surface area contributed by atoms with Gasteiger partial charge in [-0.2, -0.15) is 4.39 Å². The Morgan fingerprint density at radius 3 is 2.46 bits per heavy atom. The molecule has 0 radical (unpaired) electrons. The number of amides is 2. The summed E-state index contributed by atoms with van der Waals surface area (Å²) in [5.74, 6) is -3.56. The molecule has 0 aliphatic heterocycles. The Balaban J connectivity index is 1.66. The van der Waals surface area contributed by atoms with Crippen molar-refractivity contribution in [3.63, 3.8) is 0 Å². The van der Waals surface area contributed by atoms with E-state index in [1.54, 1.807) is 71.3 Å². The lowest BCUT2D eigenvalue weighted by atomic mass is 10.2. The first-order valence-electron chi connectivity index (χ1n) is 14.5. The molecule has 0 fully saturated rings. The van der Waals surface area contributed by atoms with Crippen LogP contribution in [-0.4, -0.2) is 56.6 Å². The Bertz CT molecular complexity index is 1840. The van der Waals surface area contributed by atoms with Gasteiger partial charge in [-0.15, -0.1) is 0 Å². The van der Waals surface area contributed by atoms with Crippen molar-refractivity contribution in [1.82, 2.24) is 19.0 Å². The summed E-state index contributed by atoms with van der Waals surface area (Å²) < 4.78 is 43.4. The first-order valence-corrected chi connectivity index (χ1v) is 14.5. The maximum atomic E-state index is 15.1. The summed E-state index contributed by atoms with van der Waals surface area (Å²) in [7, 11) is 3.27. The van der Waals surface area contributed by atoms with Gasteiger partial charge >= 0.3 is 6.09 Å². The third kappa shape index (κ3) is 8.23. The largest absolute Gasteiger partial charge is 0.452 e. The van der Waals surface area contributed by atoms with Crippen LogP contribution in [0.4, 0.5) is 19.3 Å². The van der Waals surface area contributed by atoms with Crippen LogP contribution < -0.4 is 15.6 Å². The van der Waals surface area contributed by atoms with Gasteiger partial charge in [0.05, 0.1) is 12.1 Å². The van der Waals surface area contributed by atoms with Gasteiger partial charge in [-0.3, -0.25) is 14.4 Å². The van der Waals surface area contributed by atoms with Crippen molar-refractivity contribution >= 4 is 34.6 Å². The molecule has 2 aromatic heterocycles. The van der Waals surface area contributed by atoms with Crippen LogP contribution in [0.3, 0.4) is 0 Å². The zero-order valence-electron chi connectivity index (χ0n) is 26.2.